The third kappa shape index (κ3) is 3.23. The van der Waals surface area contributed by atoms with Gasteiger partial charge in [0.2, 0.25) is 0 Å². The second-order valence-electron chi connectivity index (χ2n) is 10.7. The van der Waals surface area contributed by atoms with Crippen molar-refractivity contribution in [1.29, 1.82) is 0 Å². The summed E-state index contributed by atoms with van der Waals surface area (Å²) in [7, 11) is 0. The summed E-state index contributed by atoms with van der Waals surface area (Å²) >= 11 is 0. The number of rotatable bonds is 3. The fourth-order valence-electron chi connectivity index (χ4n) is 7.13. The van der Waals surface area contributed by atoms with Gasteiger partial charge in [0.1, 0.15) is 6.10 Å². The fraction of sp³-hybridized carbons (Fsp3) is 0.750. The molecule has 1 spiro atoms. The molecular formula is C24H32N2O5. The zero-order valence-electron chi connectivity index (χ0n) is 18.3. The van der Waals surface area contributed by atoms with E-state index in [1.807, 2.05) is 4.90 Å². The molecule has 6 atom stereocenters. The summed E-state index contributed by atoms with van der Waals surface area (Å²) in [5.74, 6) is 1.12. The number of esters is 1. The summed E-state index contributed by atoms with van der Waals surface area (Å²) in [6.45, 7) is 6.91. The molecule has 0 aromatic carbocycles. The normalized spacial score (nSPS) is 42.2. The van der Waals surface area contributed by atoms with Crippen molar-refractivity contribution in [3.63, 3.8) is 0 Å². The standard InChI is InChI=1S/C24H32N2O5/c1-23-5-3-6-24(15-30-24)20(23)12-16-17(22(28)31-19(16)13-23)14-25-7-9-26(10-8-25)21(27)18-4-2-11-29-18/h2,4,11,16-17,19-20H,3,5-10,12-15H2,1H3/t16-,17+,19-,20-,23-,24-/m1/s1. The third-order valence-corrected chi connectivity index (χ3v) is 8.93. The van der Waals surface area contributed by atoms with Crippen LogP contribution in [0.15, 0.2) is 22.8 Å². The maximum Gasteiger partial charge on any atom is 0.310 e. The number of hydrogen-bond donors (Lipinski definition) is 0. The maximum absolute atomic E-state index is 12.9. The number of furan rings is 1. The van der Waals surface area contributed by atoms with Crippen LogP contribution in [0.1, 0.15) is 49.6 Å². The largest absolute Gasteiger partial charge is 0.462 e. The molecule has 6 rings (SSSR count). The van der Waals surface area contributed by atoms with Gasteiger partial charge in [0, 0.05) is 38.6 Å². The summed E-state index contributed by atoms with van der Waals surface area (Å²) in [5, 5.41) is 0. The first-order chi connectivity index (χ1) is 15.0. The lowest BCUT2D eigenvalue weighted by molar-refractivity contribution is -0.147. The van der Waals surface area contributed by atoms with Crippen LogP contribution in [0.2, 0.25) is 0 Å². The van der Waals surface area contributed by atoms with Crippen LogP contribution in [0.5, 0.6) is 0 Å². The summed E-state index contributed by atoms with van der Waals surface area (Å²) in [5.41, 5.74) is 0.328. The second kappa shape index (κ2) is 7.07. The lowest BCUT2D eigenvalue weighted by atomic mass is 9.53. The molecule has 4 heterocycles. The van der Waals surface area contributed by atoms with Gasteiger partial charge in [-0.1, -0.05) is 6.92 Å². The summed E-state index contributed by atoms with van der Waals surface area (Å²) < 4.78 is 17.2. The number of hydrogen-bond acceptors (Lipinski definition) is 6. The molecule has 1 aromatic rings. The smallest absolute Gasteiger partial charge is 0.310 e. The van der Waals surface area contributed by atoms with Crippen LogP contribution in [0.25, 0.3) is 0 Å². The minimum atomic E-state index is -0.0559. The van der Waals surface area contributed by atoms with Crippen molar-refractivity contribution >= 4 is 11.9 Å². The predicted octanol–water partition coefficient (Wildman–Crippen LogP) is 2.56. The van der Waals surface area contributed by atoms with Crippen molar-refractivity contribution in [1.82, 2.24) is 9.80 Å². The van der Waals surface area contributed by atoms with Gasteiger partial charge in [-0.2, -0.15) is 0 Å². The van der Waals surface area contributed by atoms with Gasteiger partial charge in [-0.25, -0.2) is 0 Å². The van der Waals surface area contributed by atoms with Crippen molar-refractivity contribution in [3.8, 4) is 0 Å². The van der Waals surface area contributed by atoms with E-state index in [9.17, 15) is 9.59 Å². The lowest BCUT2D eigenvalue weighted by Crippen LogP contribution is -2.53. The first-order valence-corrected chi connectivity index (χ1v) is 11.9. The number of ether oxygens (including phenoxy) is 2. The molecule has 1 aromatic heterocycles. The molecule has 7 heteroatoms. The minimum absolute atomic E-state index is 0.0166. The molecule has 168 valence electrons. The lowest BCUT2D eigenvalue weighted by Gasteiger charge is -2.51. The van der Waals surface area contributed by atoms with Gasteiger partial charge in [-0.3, -0.25) is 14.5 Å². The van der Waals surface area contributed by atoms with Crippen LogP contribution >= 0.6 is 0 Å². The highest BCUT2D eigenvalue weighted by atomic mass is 16.6. The average molecular weight is 429 g/mol. The Morgan fingerprint density at radius 2 is 2.03 bits per heavy atom. The molecule has 0 bridgehead atoms. The molecular weight excluding hydrogens is 396 g/mol. The molecule has 2 saturated carbocycles. The second-order valence-corrected chi connectivity index (χ2v) is 10.7. The highest BCUT2D eigenvalue weighted by Crippen LogP contribution is 2.62. The monoisotopic (exact) mass is 428 g/mol. The van der Waals surface area contributed by atoms with Crippen LogP contribution in [0, 0.1) is 23.2 Å². The molecule has 5 fully saturated rings. The maximum atomic E-state index is 12.9. The van der Waals surface area contributed by atoms with E-state index >= 15 is 0 Å². The van der Waals surface area contributed by atoms with Gasteiger partial charge in [-0.15, -0.1) is 0 Å². The van der Waals surface area contributed by atoms with Gasteiger partial charge in [-0.05, 0) is 55.6 Å². The van der Waals surface area contributed by atoms with E-state index in [0.29, 0.717) is 30.7 Å². The Kier molecular flexibility index (Phi) is 4.52. The Hall–Kier alpha value is -1.86. The van der Waals surface area contributed by atoms with Crippen LogP contribution in [0.3, 0.4) is 0 Å². The Labute approximate surface area is 183 Å². The molecule has 3 saturated heterocycles. The summed E-state index contributed by atoms with van der Waals surface area (Å²) in [6.07, 6.45) is 7.26. The zero-order chi connectivity index (χ0) is 21.2. The number of amides is 1. The Bertz CT molecular complexity index is 857. The van der Waals surface area contributed by atoms with E-state index in [-0.39, 0.29) is 34.9 Å². The van der Waals surface area contributed by atoms with E-state index in [1.165, 1.54) is 25.5 Å². The number of piperazine rings is 1. The molecule has 0 unspecified atom stereocenters. The van der Waals surface area contributed by atoms with E-state index < -0.39 is 0 Å². The zero-order valence-corrected chi connectivity index (χ0v) is 18.3. The van der Waals surface area contributed by atoms with Crippen molar-refractivity contribution in [2.75, 3.05) is 39.3 Å². The van der Waals surface area contributed by atoms with Crippen molar-refractivity contribution in [2.24, 2.45) is 23.2 Å². The molecule has 0 N–H and O–H groups in total. The summed E-state index contributed by atoms with van der Waals surface area (Å²) in [6, 6.07) is 3.45. The van der Waals surface area contributed by atoms with E-state index in [0.717, 1.165) is 39.1 Å². The Balaban J connectivity index is 1.11. The van der Waals surface area contributed by atoms with Gasteiger partial charge in [0.15, 0.2) is 5.76 Å². The van der Waals surface area contributed by atoms with Gasteiger partial charge in [0.25, 0.3) is 5.91 Å². The molecule has 31 heavy (non-hydrogen) atoms. The fourth-order valence-corrected chi connectivity index (χ4v) is 7.13. The molecule has 2 aliphatic carbocycles. The number of carbonyl (C=O) groups excluding carboxylic acids is 2. The van der Waals surface area contributed by atoms with Crippen molar-refractivity contribution < 1.29 is 23.5 Å². The molecule has 5 aliphatic rings. The number of fused-ring (bicyclic) bond motifs is 3. The highest BCUT2D eigenvalue weighted by molar-refractivity contribution is 5.91. The van der Waals surface area contributed by atoms with Crippen LogP contribution in [-0.2, 0) is 14.3 Å². The number of carbonyl (C=O) groups is 2. The topological polar surface area (TPSA) is 75.5 Å². The number of nitrogens with zero attached hydrogens (tertiary/aromatic N) is 2. The van der Waals surface area contributed by atoms with Crippen molar-refractivity contribution in [2.45, 2.75) is 50.7 Å². The number of epoxide rings is 1. The Morgan fingerprint density at radius 1 is 1.23 bits per heavy atom. The first-order valence-electron chi connectivity index (χ1n) is 11.9. The minimum Gasteiger partial charge on any atom is -0.462 e. The molecule has 7 nitrogen and oxygen atoms in total. The van der Waals surface area contributed by atoms with E-state index in [4.69, 9.17) is 13.9 Å². The van der Waals surface area contributed by atoms with Gasteiger partial charge in [0.05, 0.1) is 24.4 Å². The molecule has 1 amide bonds. The average Bonchev–Trinajstić information content (AvgIpc) is 3.19. The van der Waals surface area contributed by atoms with Crippen molar-refractivity contribution in [3.05, 3.63) is 24.2 Å². The predicted molar refractivity (Wildman–Crippen MR) is 111 cm³/mol. The molecule has 0 radical (unpaired) electrons. The first kappa shape index (κ1) is 19.8. The van der Waals surface area contributed by atoms with Gasteiger partial charge >= 0.3 is 5.97 Å². The van der Waals surface area contributed by atoms with E-state index in [2.05, 4.69) is 11.8 Å². The Morgan fingerprint density at radius 3 is 2.74 bits per heavy atom. The van der Waals surface area contributed by atoms with Crippen LogP contribution in [-0.4, -0.2) is 72.7 Å². The van der Waals surface area contributed by atoms with Crippen LogP contribution < -0.4 is 0 Å². The van der Waals surface area contributed by atoms with Gasteiger partial charge < -0.3 is 18.8 Å². The van der Waals surface area contributed by atoms with E-state index in [1.54, 1.807) is 12.1 Å². The molecule has 3 aliphatic heterocycles. The highest BCUT2D eigenvalue weighted by Gasteiger charge is 2.65. The third-order valence-electron chi connectivity index (χ3n) is 8.93. The summed E-state index contributed by atoms with van der Waals surface area (Å²) in [4.78, 5) is 29.6. The quantitative estimate of drug-likeness (QED) is 0.544. The van der Waals surface area contributed by atoms with Crippen LogP contribution in [0.4, 0.5) is 0 Å². The SMILES string of the molecule is C[C@]12CCC[C@@]3(CO3)[C@@H]1C[C@@H]1[C@H](CN3CCN(C(=O)c4ccco4)CC3)C(=O)O[C@@H]1C2.